The fraction of sp³-hybridized carbons (Fsp3) is 0.133. The fourth-order valence-corrected chi connectivity index (χ4v) is 1.88. The molecule has 0 saturated heterocycles. The maximum Gasteiger partial charge on any atom is 0.00637 e. The largest absolute Gasteiger partial charge is 0.0622 e. The summed E-state index contributed by atoms with van der Waals surface area (Å²) in [6.07, 6.45) is 0. The Hall–Kier alpha value is -1.56. The summed E-state index contributed by atoms with van der Waals surface area (Å²) in [4.78, 5) is 0. The van der Waals surface area contributed by atoms with Crippen molar-refractivity contribution in [1.29, 1.82) is 0 Å². The predicted octanol–water partition coefficient (Wildman–Crippen LogP) is 4.02. The normalized spacial score (nSPS) is 12.4. The molecule has 2 rings (SSSR count). The molecule has 0 N–H and O–H groups in total. The summed E-state index contributed by atoms with van der Waals surface area (Å²) < 4.78 is 0. The van der Waals surface area contributed by atoms with E-state index in [1.54, 1.807) is 0 Å². The van der Waals surface area contributed by atoms with Crippen LogP contribution in [0.5, 0.6) is 0 Å². The van der Waals surface area contributed by atoms with Crippen LogP contribution in [0, 0.1) is 6.92 Å². The van der Waals surface area contributed by atoms with Crippen molar-refractivity contribution in [3.8, 4) is 0 Å². The van der Waals surface area contributed by atoms with Gasteiger partial charge in [-0.1, -0.05) is 61.5 Å². The molecule has 0 aliphatic heterocycles. The van der Waals surface area contributed by atoms with Gasteiger partial charge >= 0.3 is 0 Å². The molecule has 75 valence electrons. The summed E-state index contributed by atoms with van der Waals surface area (Å²) in [6.45, 7) is 6.29. The zero-order chi connectivity index (χ0) is 10.7. The molecule has 0 spiro atoms. The summed E-state index contributed by atoms with van der Waals surface area (Å²) >= 11 is 0. The third kappa shape index (κ3) is 2.10. The molecule has 0 heteroatoms. The van der Waals surface area contributed by atoms with Gasteiger partial charge < -0.3 is 0 Å². The third-order valence-corrected chi connectivity index (χ3v) is 2.82. The van der Waals surface area contributed by atoms with Crippen molar-refractivity contribution in [2.75, 3.05) is 0 Å². The standard InChI is InChI=1S/C15H15/c1-12-8-6-7-11-15(12)13(2)14-9-4-3-5-10-14/h3-11,13H,1H2,2H3. The first kappa shape index (κ1) is 9.97. The molecular weight excluding hydrogens is 180 g/mol. The topological polar surface area (TPSA) is 0 Å². The molecule has 2 aromatic rings. The third-order valence-electron chi connectivity index (χ3n) is 2.82. The molecule has 2 aromatic carbocycles. The van der Waals surface area contributed by atoms with Gasteiger partial charge in [0.15, 0.2) is 0 Å². The average Bonchev–Trinajstić information content (AvgIpc) is 2.30. The minimum absolute atomic E-state index is 0.417. The minimum atomic E-state index is 0.417. The van der Waals surface area contributed by atoms with Crippen LogP contribution in [0.1, 0.15) is 29.5 Å². The summed E-state index contributed by atoms with van der Waals surface area (Å²) in [7, 11) is 0. The Morgan fingerprint density at radius 1 is 0.867 bits per heavy atom. The SMILES string of the molecule is [CH2]c1ccccc1C(C)c1ccccc1. The summed E-state index contributed by atoms with van der Waals surface area (Å²) in [5, 5.41) is 0. The monoisotopic (exact) mass is 195 g/mol. The summed E-state index contributed by atoms with van der Waals surface area (Å²) in [5.41, 5.74) is 3.77. The van der Waals surface area contributed by atoms with Gasteiger partial charge in [0.1, 0.15) is 0 Å². The molecule has 0 heterocycles. The van der Waals surface area contributed by atoms with Crippen LogP contribution in [0.25, 0.3) is 0 Å². The zero-order valence-electron chi connectivity index (χ0n) is 8.98. The van der Waals surface area contributed by atoms with E-state index in [1.807, 2.05) is 12.1 Å². The number of benzene rings is 2. The molecule has 0 fully saturated rings. The first-order valence-corrected chi connectivity index (χ1v) is 5.25. The van der Waals surface area contributed by atoms with Crippen LogP contribution in [0.4, 0.5) is 0 Å². The van der Waals surface area contributed by atoms with Gasteiger partial charge in [0.2, 0.25) is 0 Å². The maximum atomic E-state index is 4.07. The van der Waals surface area contributed by atoms with Crippen molar-refractivity contribution in [2.45, 2.75) is 12.8 Å². The van der Waals surface area contributed by atoms with Crippen LogP contribution in [0.2, 0.25) is 0 Å². The second kappa shape index (κ2) is 4.31. The highest BCUT2D eigenvalue weighted by molar-refractivity contribution is 5.38. The van der Waals surface area contributed by atoms with Crippen LogP contribution >= 0.6 is 0 Å². The lowest BCUT2D eigenvalue weighted by molar-refractivity contribution is 0.916. The van der Waals surface area contributed by atoms with E-state index < -0.39 is 0 Å². The number of hydrogen-bond acceptors (Lipinski definition) is 0. The van der Waals surface area contributed by atoms with Crippen LogP contribution in [-0.2, 0) is 0 Å². The van der Waals surface area contributed by atoms with Gasteiger partial charge in [-0.05, 0) is 23.6 Å². The van der Waals surface area contributed by atoms with Gasteiger partial charge in [-0.3, -0.25) is 0 Å². The molecule has 0 aliphatic carbocycles. The van der Waals surface area contributed by atoms with Gasteiger partial charge in [0, 0.05) is 5.92 Å². The molecule has 1 radical (unpaired) electrons. The fourth-order valence-electron chi connectivity index (χ4n) is 1.88. The van der Waals surface area contributed by atoms with E-state index in [0.29, 0.717) is 5.92 Å². The highest BCUT2D eigenvalue weighted by atomic mass is 14.1. The van der Waals surface area contributed by atoms with Gasteiger partial charge in [-0.25, -0.2) is 0 Å². The zero-order valence-corrected chi connectivity index (χ0v) is 8.98. The van der Waals surface area contributed by atoms with Crippen LogP contribution in [-0.4, -0.2) is 0 Å². The highest BCUT2D eigenvalue weighted by Crippen LogP contribution is 2.25. The van der Waals surface area contributed by atoms with Crippen molar-refractivity contribution >= 4 is 0 Å². The molecule has 0 aliphatic rings. The van der Waals surface area contributed by atoms with Crippen LogP contribution in [0.15, 0.2) is 54.6 Å². The number of rotatable bonds is 2. The molecule has 1 atom stereocenters. The Kier molecular flexibility index (Phi) is 2.86. The van der Waals surface area contributed by atoms with E-state index >= 15 is 0 Å². The summed E-state index contributed by atoms with van der Waals surface area (Å²) in [6, 6.07) is 18.9. The molecule has 0 nitrogen and oxygen atoms in total. The van der Waals surface area contributed by atoms with E-state index in [2.05, 4.69) is 56.3 Å². The van der Waals surface area contributed by atoms with Crippen LogP contribution < -0.4 is 0 Å². The smallest absolute Gasteiger partial charge is 0.00637 e. The second-order valence-electron chi connectivity index (χ2n) is 3.83. The Labute approximate surface area is 91.6 Å². The molecule has 0 amide bonds. The second-order valence-corrected chi connectivity index (χ2v) is 3.83. The number of hydrogen-bond donors (Lipinski definition) is 0. The first-order valence-electron chi connectivity index (χ1n) is 5.25. The molecule has 15 heavy (non-hydrogen) atoms. The van der Waals surface area contributed by atoms with E-state index in [1.165, 1.54) is 11.1 Å². The lowest BCUT2D eigenvalue weighted by atomic mass is 9.90. The van der Waals surface area contributed by atoms with Gasteiger partial charge in [0.25, 0.3) is 0 Å². The Balaban J connectivity index is 2.37. The van der Waals surface area contributed by atoms with Crippen molar-refractivity contribution in [3.63, 3.8) is 0 Å². The van der Waals surface area contributed by atoms with Gasteiger partial charge in [-0.2, -0.15) is 0 Å². The highest BCUT2D eigenvalue weighted by Gasteiger charge is 2.09. The van der Waals surface area contributed by atoms with Crippen molar-refractivity contribution in [3.05, 3.63) is 78.2 Å². The quantitative estimate of drug-likeness (QED) is 0.679. The van der Waals surface area contributed by atoms with Gasteiger partial charge in [-0.15, -0.1) is 0 Å². The van der Waals surface area contributed by atoms with E-state index in [4.69, 9.17) is 0 Å². The van der Waals surface area contributed by atoms with Crippen LogP contribution in [0.3, 0.4) is 0 Å². The lowest BCUT2D eigenvalue weighted by Crippen LogP contribution is -1.97. The Morgan fingerprint density at radius 2 is 1.47 bits per heavy atom. The molecule has 0 aromatic heterocycles. The molecular formula is C15H15. The molecule has 0 saturated carbocycles. The average molecular weight is 195 g/mol. The minimum Gasteiger partial charge on any atom is -0.0622 e. The van der Waals surface area contributed by atoms with E-state index in [0.717, 1.165) is 5.56 Å². The molecule has 0 bridgehead atoms. The summed E-state index contributed by atoms with van der Waals surface area (Å²) in [5.74, 6) is 0.417. The maximum absolute atomic E-state index is 4.07. The van der Waals surface area contributed by atoms with E-state index in [9.17, 15) is 0 Å². The lowest BCUT2D eigenvalue weighted by Gasteiger charge is -2.14. The van der Waals surface area contributed by atoms with E-state index in [-0.39, 0.29) is 0 Å². The Bertz CT molecular complexity index is 429. The van der Waals surface area contributed by atoms with Crippen molar-refractivity contribution in [1.82, 2.24) is 0 Å². The van der Waals surface area contributed by atoms with Gasteiger partial charge in [0.05, 0.1) is 0 Å². The van der Waals surface area contributed by atoms with Crippen molar-refractivity contribution < 1.29 is 0 Å². The molecule has 1 unspecified atom stereocenters. The first-order chi connectivity index (χ1) is 7.29. The van der Waals surface area contributed by atoms with Crippen molar-refractivity contribution in [2.24, 2.45) is 0 Å². The Morgan fingerprint density at radius 3 is 2.13 bits per heavy atom. The predicted molar refractivity (Wildman–Crippen MR) is 64.9 cm³/mol.